The van der Waals surface area contributed by atoms with Crippen LogP contribution in [0.3, 0.4) is 0 Å². The SMILES string of the molecule is CC(C)(C)N1CCS(C)(C)CC1. The summed E-state index contributed by atoms with van der Waals surface area (Å²) in [6.07, 6.45) is 4.93. The molecule has 0 spiro atoms. The van der Waals surface area contributed by atoms with Gasteiger partial charge in [-0.1, -0.05) is 0 Å². The largest absolute Gasteiger partial charge is 0.297 e. The van der Waals surface area contributed by atoms with Crippen molar-refractivity contribution in [1.29, 1.82) is 0 Å². The van der Waals surface area contributed by atoms with Crippen LogP contribution < -0.4 is 0 Å². The van der Waals surface area contributed by atoms with E-state index in [1.807, 2.05) is 0 Å². The Balaban J connectivity index is 2.47. The highest BCUT2D eigenvalue weighted by molar-refractivity contribution is 8.32. The van der Waals surface area contributed by atoms with Crippen molar-refractivity contribution in [2.45, 2.75) is 26.3 Å². The Hall–Kier alpha value is 0.310. The van der Waals surface area contributed by atoms with E-state index >= 15 is 0 Å². The Bertz CT molecular complexity index is 148. The van der Waals surface area contributed by atoms with E-state index in [1.54, 1.807) is 0 Å². The van der Waals surface area contributed by atoms with Crippen LogP contribution in [0.4, 0.5) is 0 Å². The zero-order valence-electron chi connectivity index (χ0n) is 9.18. The number of hydrogen-bond acceptors (Lipinski definition) is 1. The standard InChI is InChI=1S/C10H23NS/c1-10(2,3)11-6-8-12(4,5)9-7-11/h6-9H2,1-5H3. The van der Waals surface area contributed by atoms with Crippen LogP contribution in [0.1, 0.15) is 20.8 Å². The molecule has 2 heteroatoms. The monoisotopic (exact) mass is 189 g/mol. The summed E-state index contributed by atoms with van der Waals surface area (Å²) < 4.78 is 0. The average Bonchev–Trinajstić information content (AvgIpc) is 1.83. The summed E-state index contributed by atoms with van der Waals surface area (Å²) in [5.74, 6) is 2.87. The first kappa shape index (κ1) is 10.4. The van der Waals surface area contributed by atoms with Gasteiger partial charge in [-0.05, 0) is 44.8 Å². The Morgan fingerprint density at radius 1 is 1.00 bits per heavy atom. The van der Waals surface area contributed by atoms with Gasteiger partial charge in [-0.3, -0.25) is 4.90 Å². The quantitative estimate of drug-likeness (QED) is 0.564. The van der Waals surface area contributed by atoms with E-state index < -0.39 is 0 Å². The van der Waals surface area contributed by atoms with Crippen molar-refractivity contribution in [3.05, 3.63) is 0 Å². The van der Waals surface area contributed by atoms with E-state index in [0.29, 0.717) is 5.54 Å². The van der Waals surface area contributed by atoms with Gasteiger partial charge in [0, 0.05) is 18.6 Å². The van der Waals surface area contributed by atoms with Crippen molar-refractivity contribution < 1.29 is 0 Å². The molecule has 0 aromatic carbocycles. The molecule has 1 saturated heterocycles. The summed E-state index contributed by atoms with van der Waals surface area (Å²) in [5, 5.41) is 0. The number of hydrogen-bond donors (Lipinski definition) is 0. The summed E-state index contributed by atoms with van der Waals surface area (Å²) in [7, 11) is -0.218. The molecule has 1 heterocycles. The molecule has 0 radical (unpaired) electrons. The van der Waals surface area contributed by atoms with Crippen molar-refractivity contribution in [2.24, 2.45) is 0 Å². The van der Waals surface area contributed by atoms with Crippen LogP contribution in [0.2, 0.25) is 0 Å². The summed E-state index contributed by atoms with van der Waals surface area (Å²) in [6, 6.07) is 0. The summed E-state index contributed by atoms with van der Waals surface area (Å²) in [4.78, 5) is 2.62. The number of rotatable bonds is 0. The van der Waals surface area contributed by atoms with Crippen molar-refractivity contribution >= 4 is 10.0 Å². The molecule has 1 rings (SSSR count). The van der Waals surface area contributed by atoms with E-state index in [9.17, 15) is 0 Å². The van der Waals surface area contributed by atoms with Gasteiger partial charge in [0.15, 0.2) is 0 Å². The lowest BCUT2D eigenvalue weighted by Crippen LogP contribution is -2.48. The molecule has 1 aliphatic heterocycles. The maximum atomic E-state index is 2.62. The van der Waals surface area contributed by atoms with Crippen LogP contribution in [0, 0.1) is 0 Å². The van der Waals surface area contributed by atoms with Crippen molar-refractivity contribution in [3.8, 4) is 0 Å². The second-order valence-electron chi connectivity index (χ2n) is 5.33. The van der Waals surface area contributed by atoms with E-state index in [0.717, 1.165) is 0 Å². The normalized spacial score (nSPS) is 28.4. The molecule has 1 aliphatic rings. The smallest absolute Gasteiger partial charge is 0.0125 e. The number of nitrogens with zero attached hydrogens (tertiary/aromatic N) is 1. The van der Waals surface area contributed by atoms with Crippen LogP contribution in [0.25, 0.3) is 0 Å². The lowest BCUT2D eigenvalue weighted by Gasteiger charge is -2.46. The Kier molecular flexibility index (Phi) is 2.79. The summed E-state index contributed by atoms with van der Waals surface area (Å²) in [5.41, 5.74) is 0.385. The van der Waals surface area contributed by atoms with Gasteiger partial charge in [0.05, 0.1) is 0 Å². The molecule has 0 unspecified atom stereocenters. The first-order valence-corrected chi connectivity index (χ1v) is 7.54. The molecule has 0 aromatic rings. The predicted molar refractivity (Wildman–Crippen MR) is 60.5 cm³/mol. The highest BCUT2D eigenvalue weighted by Crippen LogP contribution is 2.42. The zero-order valence-corrected chi connectivity index (χ0v) is 10.0. The fourth-order valence-electron chi connectivity index (χ4n) is 1.60. The Morgan fingerprint density at radius 3 is 1.75 bits per heavy atom. The maximum absolute atomic E-state index is 2.62. The highest BCUT2D eigenvalue weighted by atomic mass is 32.3. The Labute approximate surface area is 78.8 Å². The fourth-order valence-corrected chi connectivity index (χ4v) is 3.23. The van der Waals surface area contributed by atoms with Gasteiger partial charge in [-0.15, -0.1) is 0 Å². The average molecular weight is 189 g/mol. The molecule has 0 atom stereocenters. The molecule has 74 valence electrons. The lowest BCUT2D eigenvalue weighted by atomic mass is 10.1. The van der Waals surface area contributed by atoms with Gasteiger partial charge in [0.2, 0.25) is 0 Å². The van der Waals surface area contributed by atoms with Gasteiger partial charge in [-0.25, -0.2) is 10.0 Å². The molecule has 0 aromatic heterocycles. The topological polar surface area (TPSA) is 3.24 Å². The molecule has 0 bridgehead atoms. The van der Waals surface area contributed by atoms with Crippen molar-refractivity contribution in [1.82, 2.24) is 4.90 Å². The minimum absolute atomic E-state index is 0.218. The minimum Gasteiger partial charge on any atom is -0.297 e. The first-order valence-electron chi connectivity index (χ1n) is 4.75. The predicted octanol–water partition coefficient (Wildman–Crippen LogP) is 2.16. The molecule has 12 heavy (non-hydrogen) atoms. The minimum atomic E-state index is -0.218. The van der Waals surface area contributed by atoms with Crippen LogP contribution in [-0.4, -0.2) is 47.5 Å². The third-order valence-corrected chi connectivity index (χ3v) is 5.35. The van der Waals surface area contributed by atoms with Gasteiger partial charge in [-0.2, -0.15) is 0 Å². The molecular formula is C10H23NS. The molecular weight excluding hydrogens is 166 g/mol. The zero-order chi connectivity index (χ0) is 9.41. The van der Waals surface area contributed by atoms with Gasteiger partial charge in [0.25, 0.3) is 0 Å². The second kappa shape index (κ2) is 3.22. The third kappa shape index (κ3) is 2.67. The first-order chi connectivity index (χ1) is 5.31. The van der Waals surface area contributed by atoms with E-state index in [2.05, 4.69) is 38.2 Å². The van der Waals surface area contributed by atoms with Crippen LogP contribution in [-0.2, 0) is 0 Å². The van der Waals surface area contributed by atoms with E-state index in [4.69, 9.17) is 0 Å². The summed E-state index contributed by atoms with van der Waals surface area (Å²) >= 11 is 0. The van der Waals surface area contributed by atoms with Crippen molar-refractivity contribution in [3.63, 3.8) is 0 Å². The highest BCUT2D eigenvalue weighted by Gasteiger charge is 2.27. The van der Waals surface area contributed by atoms with Crippen LogP contribution in [0.5, 0.6) is 0 Å². The molecule has 0 amide bonds. The second-order valence-corrected chi connectivity index (χ2v) is 9.68. The van der Waals surface area contributed by atoms with Gasteiger partial charge < -0.3 is 0 Å². The van der Waals surface area contributed by atoms with E-state index in [1.165, 1.54) is 24.6 Å². The van der Waals surface area contributed by atoms with Crippen LogP contribution in [0.15, 0.2) is 0 Å². The van der Waals surface area contributed by atoms with Crippen molar-refractivity contribution in [2.75, 3.05) is 37.1 Å². The Morgan fingerprint density at radius 2 is 1.42 bits per heavy atom. The molecule has 0 aliphatic carbocycles. The molecule has 1 fully saturated rings. The molecule has 0 N–H and O–H groups in total. The summed E-state index contributed by atoms with van der Waals surface area (Å²) in [6.45, 7) is 9.58. The van der Waals surface area contributed by atoms with E-state index in [-0.39, 0.29) is 10.0 Å². The fraction of sp³-hybridized carbons (Fsp3) is 1.00. The molecule has 1 nitrogen and oxygen atoms in total. The molecule has 0 saturated carbocycles. The lowest BCUT2D eigenvalue weighted by molar-refractivity contribution is 0.152. The van der Waals surface area contributed by atoms with Gasteiger partial charge in [0.1, 0.15) is 0 Å². The third-order valence-electron chi connectivity index (χ3n) is 2.78. The maximum Gasteiger partial charge on any atom is 0.0125 e. The van der Waals surface area contributed by atoms with Crippen LogP contribution >= 0.6 is 10.0 Å². The van der Waals surface area contributed by atoms with Gasteiger partial charge >= 0.3 is 0 Å².